The zero-order valence-corrected chi connectivity index (χ0v) is 17.8. The Labute approximate surface area is 177 Å². The number of nitrogens with one attached hydrogen (secondary N) is 3. The summed E-state index contributed by atoms with van der Waals surface area (Å²) in [4.78, 5) is 4.67. The monoisotopic (exact) mass is 410 g/mol. The Morgan fingerprint density at radius 1 is 1.07 bits per heavy atom. The van der Waals surface area contributed by atoms with Crippen molar-refractivity contribution in [1.29, 1.82) is 0 Å². The number of piperidine rings is 1. The first-order valence-corrected chi connectivity index (χ1v) is 11.0. The molecule has 1 aromatic carbocycles. The SMILES string of the molecule is C1CCNCC1.CNc1cc(Nc2cc(C)cc(F)c2)n2ncc(C3CCC3)c2n1. The van der Waals surface area contributed by atoms with Gasteiger partial charge < -0.3 is 16.0 Å². The van der Waals surface area contributed by atoms with Crippen molar-refractivity contribution in [1.82, 2.24) is 19.9 Å². The van der Waals surface area contributed by atoms with Crippen molar-refractivity contribution in [3.8, 4) is 0 Å². The average Bonchev–Trinajstić information content (AvgIpc) is 3.11. The zero-order valence-electron chi connectivity index (χ0n) is 17.8. The third kappa shape index (κ3) is 4.73. The number of aryl methyl sites for hydroxylation is 1. The molecular formula is C23H31FN6. The molecule has 6 nitrogen and oxygen atoms in total. The number of halogens is 1. The van der Waals surface area contributed by atoms with Crippen LogP contribution < -0.4 is 16.0 Å². The van der Waals surface area contributed by atoms with E-state index in [9.17, 15) is 4.39 Å². The summed E-state index contributed by atoms with van der Waals surface area (Å²) >= 11 is 0. The highest BCUT2D eigenvalue weighted by Crippen LogP contribution is 2.38. The van der Waals surface area contributed by atoms with Crippen LogP contribution in [0.3, 0.4) is 0 Å². The molecule has 0 atom stereocenters. The normalized spacial score (nSPS) is 16.5. The van der Waals surface area contributed by atoms with Gasteiger partial charge in [0.05, 0.1) is 6.20 Å². The molecule has 2 aliphatic rings. The van der Waals surface area contributed by atoms with Crippen molar-refractivity contribution in [2.24, 2.45) is 0 Å². The van der Waals surface area contributed by atoms with E-state index in [1.165, 1.54) is 69.3 Å². The van der Waals surface area contributed by atoms with Gasteiger partial charge in [0.2, 0.25) is 0 Å². The lowest BCUT2D eigenvalue weighted by molar-refractivity contribution is 0.421. The van der Waals surface area contributed by atoms with Crippen molar-refractivity contribution >= 4 is 23.0 Å². The van der Waals surface area contributed by atoms with Gasteiger partial charge >= 0.3 is 0 Å². The van der Waals surface area contributed by atoms with Gasteiger partial charge in [0.1, 0.15) is 17.5 Å². The van der Waals surface area contributed by atoms with Gasteiger partial charge in [0.15, 0.2) is 5.65 Å². The summed E-state index contributed by atoms with van der Waals surface area (Å²) in [7, 11) is 1.84. The lowest BCUT2D eigenvalue weighted by Gasteiger charge is -2.24. The highest BCUT2D eigenvalue weighted by atomic mass is 19.1. The maximum atomic E-state index is 13.7. The van der Waals surface area contributed by atoms with Gasteiger partial charge in [-0.05, 0) is 75.4 Å². The molecule has 0 radical (unpaired) electrons. The van der Waals surface area contributed by atoms with Crippen LogP contribution in [0.15, 0.2) is 30.5 Å². The molecule has 0 bridgehead atoms. The molecule has 2 aromatic heterocycles. The largest absolute Gasteiger partial charge is 0.373 e. The Morgan fingerprint density at radius 2 is 1.87 bits per heavy atom. The fraction of sp³-hybridized carbons (Fsp3) is 0.478. The van der Waals surface area contributed by atoms with Crippen LogP contribution in [0.5, 0.6) is 0 Å². The minimum Gasteiger partial charge on any atom is -0.373 e. The zero-order chi connectivity index (χ0) is 20.9. The first kappa shape index (κ1) is 20.6. The quantitative estimate of drug-likeness (QED) is 0.565. The molecule has 1 aliphatic heterocycles. The molecular weight excluding hydrogens is 379 g/mol. The first-order chi connectivity index (χ1) is 14.6. The topological polar surface area (TPSA) is 66.3 Å². The maximum Gasteiger partial charge on any atom is 0.163 e. The second-order valence-corrected chi connectivity index (χ2v) is 8.19. The van der Waals surface area contributed by atoms with Crippen molar-refractivity contribution in [3.05, 3.63) is 47.4 Å². The van der Waals surface area contributed by atoms with E-state index < -0.39 is 0 Å². The summed E-state index contributed by atoms with van der Waals surface area (Å²) < 4.78 is 15.5. The Hall–Kier alpha value is -2.67. The minimum atomic E-state index is -0.257. The van der Waals surface area contributed by atoms with Crippen molar-refractivity contribution < 1.29 is 4.39 Å². The van der Waals surface area contributed by atoms with Crippen LogP contribution in [-0.4, -0.2) is 34.7 Å². The Balaban J connectivity index is 0.000000313. The lowest BCUT2D eigenvalue weighted by atomic mass is 9.81. The van der Waals surface area contributed by atoms with E-state index in [1.807, 2.05) is 32.3 Å². The predicted octanol–water partition coefficient (Wildman–Crippen LogP) is 4.99. The van der Waals surface area contributed by atoms with Crippen molar-refractivity contribution in [3.63, 3.8) is 0 Å². The van der Waals surface area contributed by atoms with Crippen LogP contribution >= 0.6 is 0 Å². The Morgan fingerprint density at radius 3 is 2.43 bits per heavy atom. The predicted molar refractivity (Wildman–Crippen MR) is 120 cm³/mol. The van der Waals surface area contributed by atoms with Crippen LogP contribution in [0.1, 0.15) is 55.6 Å². The van der Waals surface area contributed by atoms with Crippen LogP contribution in [0.2, 0.25) is 0 Å². The van der Waals surface area contributed by atoms with Gasteiger partial charge in [-0.3, -0.25) is 0 Å². The van der Waals surface area contributed by atoms with Crippen molar-refractivity contribution in [2.75, 3.05) is 30.8 Å². The van der Waals surface area contributed by atoms with E-state index in [2.05, 4.69) is 26.0 Å². The highest BCUT2D eigenvalue weighted by molar-refractivity contribution is 5.66. The third-order valence-corrected chi connectivity index (χ3v) is 5.82. The standard InChI is InChI=1S/C18H20FN5.C5H11N/c1-11-6-13(19)8-14(7-11)22-17-9-16(20-2)23-18-15(10-21-24(17)18)12-4-3-5-12;1-2-4-6-5-3-1/h6-10,12,22H,3-5H2,1-2H3,(H,20,23);6H,1-5H2. The first-order valence-electron chi connectivity index (χ1n) is 11.0. The Kier molecular flexibility index (Phi) is 6.47. The van der Waals surface area contributed by atoms with Crippen LogP contribution in [0.4, 0.5) is 21.7 Å². The van der Waals surface area contributed by atoms with E-state index in [0.717, 1.165) is 22.8 Å². The van der Waals surface area contributed by atoms with Gasteiger partial charge in [-0.2, -0.15) is 9.61 Å². The second-order valence-electron chi connectivity index (χ2n) is 8.19. The molecule has 1 saturated carbocycles. The van der Waals surface area contributed by atoms with Crippen LogP contribution in [0, 0.1) is 12.7 Å². The molecule has 160 valence electrons. The number of rotatable bonds is 4. The number of anilines is 3. The molecule has 7 heteroatoms. The van der Waals surface area contributed by atoms with Gasteiger partial charge in [0.25, 0.3) is 0 Å². The van der Waals surface area contributed by atoms with E-state index in [0.29, 0.717) is 11.6 Å². The molecule has 3 N–H and O–H groups in total. The van der Waals surface area contributed by atoms with E-state index in [1.54, 1.807) is 4.52 Å². The summed E-state index contributed by atoms with van der Waals surface area (Å²) in [6.45, 7) is 4.37. The fourth-order valence-electron chi connectivity index (χ4n) is 3.96. The molecule has 0 amide bonds. The molecule has 2 fully saturated rings. The molecule has 0 unspecified atom stereocenters. The summed E-state index contributed by atoms with van der Waals surface area (Å²) in [5.74, 6) is 1.82. The Bertz CT molecular complexity index is 959. The number of benzene rings is 1. The molecule has 30 heavy (non-hydrogen) atoms. The summed E-state index contributed by atoms with van der Waals surface area (Å²) in [5.41, 5.74) is 3.62. The van der Waals surface area contributed by atoms with Crippen LogP contribution in [-0.2, 0) is 0 Å². The van der Waals surface area contributed by atoms with E-state index in [4.69, 9.17) is 0 Å². The van der Waals surface area contributed by atoms with Crippen LogP contribution in [0.25, 0.3) is 5.65 Å². The van der Waals surface area contributed by atoms with Gasteiger partial charge in [0, 0.05) is 24.4 Å². The third-order valence-electron chi connectivity index (χ3n) is 5.82. The lowest BCUT2D eigenvalue weighted by Crippen LogP contribution is -2.21. The molecule has 1 aliphatic carbocycles. The molecule has 3 heterocycles. The molecule has 5 rings (SSSR count). The van der Waals surface area contributed by atoms with Gasteiger partial charge in [-0.15, -0.1) is 0 Å². The molecule has 3 aromatic rings. The smallest absolute Gasteiger partial charge is 0.163 e. The van der Waals surface area contributed by atoms with Gasteiger partial charge in [-0.1, -0.05) is 12.8 Å². The second kappa shape index (κ2) is 9.43. The average molecular weight is 411 g/mol. The fourth-order valence-corrected chi connectivity index (χ4v) is 3.96. The minimum absolute atomic E-state index is 0.257. The molecule has 1 saturated heterocycles. The van der Waals surface area contributed by atoms with Gasteiger partial charge in [-0.25, -0.2) is 9.37 Å². The number of nitrogens with zero attached hydrogens (tertiary/aromatic N) is 3. The van der Waals surface area contributed by atoms with E-state index in [-0.39, 0.29) is 5.82 Å². The number of aromatic nitrogens is 3. The summed E-state index contributed by atoms with van der Waals surface area (Å²) in [6.07, 6.45) is 9.78. The summed E-state index contributed by atoms with van der Waals surface area (Å²) in [6, 6.07) is 6.78. The highest BCUT2D eigenvalue weighted by Gasteiger charge is 2.24. The number of hydrogen-bond donors (Lipinski definition) is 3. The maximum absolute atomic E-state index is 13.7. The number of fused-ring (bicyclic) bond motifs is 1. The summed E-state index contributed by atoms with van der Waals surface area (Å²) in [5, 5.41) is 14.2. The van der Waals surface area contributed by atoms with Crippen molar-refractivity contribution in [2.45, 2.75) is 51.4 Å². The number of hydrogen-bond acceptors (Lipinski definition) is 5. The van der Waals surface area contributed by atoms with E-state index >= 15 is 0 Å². The molecule has 0 spiro atoms.